The summed E-state index contributed by atoms with van der Waals surface area (Å²) in [6.45, 7) is 50.8. The Balaban J connectivity index is 2.30. The van der Waals surface area contributed by atoms with Crippen molar-refractivity contribution in [2.24, 2.45) is 11.8 Å². The molecule has 0 N–H and O–H groups in total. The van der Waals surface area contributed by atoms with Gasteiger partial charge in [-0.1, -0.05) is 119 Å². The average molecular weight is 1030 g/mol. The lowest BCUT2D eigenvalue weighted by Crippen LogP contribution is -2.63. The first-order valence-electron chi connectivity index (χ1n) is 25.8. The number of cyclic esters (lactones) is 1. The van der Waals surface area contributed by atoms with Gasteiger partial charge in [-0.2, -0.15) is 0 Å². The molecule has 3 aliphatic heterocycles. The number of allylic oxidation sites excluding steroid dienone is 4. The number of rotatable bonds is 13. The van der Waals surface area contributed by atoms with Crippen molar-refractivity contribution >= 4 is 43.0 Å². The van der Waals surface area contributed by atoms with E-state index in [0.29, 0.717) is 24.8 Å². The molecule has 0 saturated carbocycles. The van der Waals surface area contributed by atoms with Crippen LogP contribution in [0.2, 0.25) is 54.4 Å². The summed E-state index contributed by atoms with van der Waals surface area (Å²) in [6, 6.07) is 0. The van der Waals surface area contributed by atoms with Gasteiger partial charge in [-0.3, -0.25) is 4.79 Å². The normalized spacial score (nSPS) is 31.1. The van der Waals surface area contributed by atoms with Crippen molar-refractivity contribution in [2.45, 2.75) is 253 Å². The minimum atomic E-state index is -2.32. The van der Waals surface area contributed by atoms with E-state index in [1.165, 1.54) is 0 Å². The van der Waals surface area contributed by atoms with Gasteiger partial charge in [0.25, 0.3) is 0 Å². The third-order valence-electron chi connectivity index (χ3n) is 15.6. The molecular weight excluding hydrogens is 937 g/mol. The van der Waals surface area contributed by atoms with Crippen LogP contribution in [0, 0.1) is 11.8 Å². The van der Waals surface area contributed by atoms with Crippen LogP contribution in [-0.2, 0) is 51.3 Å². The van der Waals surface area contributed by atoms with E-state index in [-0.39, 0.29) is 33.7 Å². The Bertz CT molecular complexity index is 1970. The number of hydrogen-bond acceptors (Lipinski definition) is 12. The van der Waals surface area contributed by atoms with Crippen molar-refractivity contribution in [2.75, 3.05) is 6.61 Å². The number of ether oxygens (including phenoxy) is 6. The van der Waals surface area contributed by atoms with E-state index < -0.39 is 97.5 Å². The van der Waals surface area contributed by atoms with Crippen LogP contribution >= 0.6 is 0 Å². The summed E-state index contributed by atoms with van der Waals surface area (Å²) in [6.07, 6.45) is 7.17. The highest BCUT2D eigenvalue weighted by Crippen LogP contribution is 2.43. The molecule has 70 heavy (non-hydrogen) atoms. The molecule has 0 aromatic rings. The minimum Gasteiger partial charge on any atom is -0.456 e. The van der Waals surface area contributed by atoms with Gasteiger partial charge in [-0.25, -0.2) is 9.59 Å². The Morgan fingerprint density at radius 3 is 1.91 bits per heavy atom. The Hall–Kier alpha value is -2.64. The molecule has 0 bridgehead atoms. The van der Waals surface area contributed by atoms with Crippen LogP contribution in [0.3, 0.4) is 0 Å². The van der Waals surface area contributed by atoms with Crippen molar-refractivity contribution in [3.05, 3.63) is 58.7 Å². The van der Waals surface area contributed by atoms with E-state index in [4.69, 9.17) is 41.7 Å². The molecule has 3 aliphatic rings. The molecule has 0 radical (unpaired) electrons. The van der Waals surface area contributed by atoms with E-state index in [1.807, 2.05) is 32.9 Å². The Morgan fingerprint density at radius 2 is 1.37 bits per heavy atom. The van der Waals surface area contributed by atoms with E-state index in [2.05, 4.69) is 140 Å². The number of carbonyl (C=O) groups is 3. The van der Waals surface area contributed by atoms with Gasteiger partial charge in [0, 0.05) is 12.3 Å². The number of fused-ring (bicyclic) bond motifs is 1. The second-order valence-corrected chi connectivity index (χ2v) is 39.7. The Morgan fingerprint density at radius 1 is 0.800 bits per heavy atom. The first kappa shape index (κ1) is 61.7. The Kier molecular flexibility index (Phi) is 20.9. The smallest absolute Gasteiger partial charge is 0.456 e. The monoisotopic (exact) mass is 1030 g/mol. The Labute approximate surface area is 427 Å². The highest BCUT2D eigenvalue weighted by molar-refractivity contribution is 6.75. The van der Waals surface area contributed by atoms with Crippen LogP contribution in [0.25, 0.3) is 0 Å². The third-order valence-corrected chi connectivity index (χ3v) is 29.2. The SMILES string of the molecule is CC[C@H]1/C=C(\C)[C@@H](O[Si](C)(C)C(C)(C)C)C/C=C/C=C(\CO[Si](C)(C)C(C)(C)C)C(=O)O[C@H]([C@@H](C)O[Si](C)(C)C(C)(C)C)C/C=C(C)/C=C(\C)[C@@H]1O[C@@H]1OC(C)(C)[C@@H](OC(=O)C(C)C)[C@@H]2OC(=O)O[C@H]12. The highest BCUT2D eigenvalue weighted by Gasteiger charge is 2.60. The fraction of sp³-hybridized carbons (Fsp3) is 0.764. The molecule has 0 unspecified atom stereocenters. The molecule has 3 heterocycles. The first-order chi connectivity index (χ1) is 31.7. The maximum atomic E-state index is 14.6. The third kappa shape index (κ3) is 16.2. The van der Waals surface area contributed by atoms with Gasteiger partial charge in [-0.15, -0.1) is 0 Å². The van der Waals surface area contributed by atoms with Crippen molar-refractivity contribution in [3.63, 3.8) is 0 Å². The molecular formula is C55H96O12Si3. The minimum absolute atomic E-state index is 0.0591. The number of hydrogen-bond donors (Lipinski definition) is 0. The molecule has 400 valence electrons. The summed E-state index contributed by atoms with van der Waals surface area (Å²) in [5, 5.41) is -0.190. The van der Waals surface area contributed by atoms with Crippen molar-refractivity contribution in [3.8, 4) is 0 Å². The molecule has 9 atom stereocenters. The molecule has 0 aromatic heterocycles. The van der Waals surface area contributed by atoms with Gasteiger partial charge < -0.3 is 41.7 Å². The van der Waals surface area contributed by atoms with Crippen molar-refractivity contribution in [1.82, 2.24) is 0 Å². The van der Waals surface area contributed by atoms with E-state index >= 15 is 0 Å². The molecule has 2 saturated heterocycles. The number of carbonyl (C=O) groups excluding carboxylic acids is 3. The van der Waals surface area contributed by atoms with Crippen molar-refractivity contribution < 1.29 is 56.1 Å². The summed E-state index contributed by atoms with van der Waals surface area (Å²) >= 11 is 0. The maximum absolute atomic E-state index is 14.6. The second kappa shape index (κ2) is 23.7. The lowest BCUT2D eigenvalue weighted by atomic mass is 9.88. The molecule has 2 fully saturated rings. The molecule has 0 spiro atoms. The topological polar surface area (TPSA) is 134 Å². The zero-order valence-corrected chi connectivity index (χ0v) is 51.0. The van der Waals surface area contributed by atoms with Crippen LogP contribution in [0.4, 0.5) is 4.79 Å². The standard InChI is InChI=1S/C55H96O12Si3/c1-25-40-33-37(5)42(67-70(23,24)54(14,15)16)29-27-26-28-41(34-59-68(19,20)52(8,9)10)49(57)60-43(39(7)66-69(21,22)53(11,12)13)31-30-36(4)32-38(6)44(40)61-50-46-45(62-51(58)63-46)47(55(17,18)65-50)64-48(56)35(2)3/h26-28,30,32-33,35,39-40,42-47,50H,25,29,31,34H2,1-24H3/b27-26+,36-30+,37-33+,38-32+,41-28+/t39-,40+,42+,43+,44+,45-,46+,47+,50-/m1/s1. The van der Waals surface area contributed by atoms with Crippen LogP contribution in [-0.4, -0.2) is 104 Å². The van der Waals surface area contributed by atoms with Gasteiger partial charge in [0.15, 0.2) is 49.6 Å². The molecule has 12 nitrogen and oxygen atoms in total. The summed E-state index contributed by atoms with van der Waals surface area (Å²) in [5.41, 5.74) is 2.20. The largest absolute Gasteiger partial charge is 0.509 e. The lowest BCUT2D eigenvalue weighted by Gasteiger charge is -2.46. The van der Waals surface area contributed by atoms with Crippen LogP contribution in [0.5, 0.6) is 0 Å². The molecule has 3 rings (SSSR count). The fourth-order valence-corrected chi connectivity index (χ4v) is 11.5. The summed E-state index contributed by atoms with van der Waals surface area (Å²) < 4.78 is 58.6. The summed E-state index contributed by atoms with van der Waals surface area (Å²) in [5.74, 6) is -1.47. The van der Waals surface area contributed by atoms with E-state index in [1.54, 1.807) is 27.7 Å². The predicted molar refractivity (Wildman–Crippen MR) is 288 cm³/mol. The molecule has 0 amide bonds. The van der Waals surface area contributed by atoms with Crippen LogP contribution in [0.15, 0.2) is 58.7 Å². The van der Waals surface area contributed by atoms with Gasteiger partial charge in [0.1, 0.15) is 11.7 Å². The quantitative estimate of drug-likeness (QED) is 0.0752. The van der Waals surface area contributed by atoms with Gasteiger partial charge in [-0.05, 0) is 126 Å². The van der Waals surface area contributed by atoms with E-state index in [9.17, 15) is 14.4 Å². The molecule has 15 heteroatoms. The van der Waals surface area contributed by atoms with E-state index in [0.717, 1.165) is 16.7 Å². The van der Waals surface area contributed by atoms with Gasteiger partial charge in [0.05, 0.1) is 36.4 Å². The highest BCUT2D eigenvalue weighted by atomic mass is 28.4. The first-order valence-corrected chi connectivity index (χ1v) is 34.5. The number of esters is 2. The van der Waals surface area contributed by atoms with Crippen LogP contribution < -0.4 is 0 Å². The van der Waals surface area contributed by atoms with Crippen LogP contribution in [0.1, 0.15) is 144 Å². The summed E-state index contributed by atoms with van der Waals surface area (Å²) in [4.78, 5) is 40.4. The molecule has 0 aromatic carbocycles. The predicted octanol–water partition coefficient (Wildman–Crippen LogP) is 13.9. The maximum Gasteiger partial charge on any atom is 0.509 e. The zero-order chi connectivity index (χ0) is 53.7. The lowest BCUT2D eigenvalue weighted by molar-refractivity contribution is -0.314. The second-order valence-electron chi connectivity index (χ2n) is 25.4. The van der Waals surface area contributed by atoms with Gasteiger partial charge >= 0.3 is 18.1 Å². The van der Waals surface area contributed by atoms with Crippen molar-refractivity contribution in [1.29, 1.82) is 0 Å². The average Bonchev–Trinajstić information content (AvgIpc) is 3.59. The fourth-order valence-electron chi connectivity index (χ4n) is 7.75. The summed E-state index contributed by atoms with van der Waals surface area (Å²) in [7, 11) is -6.86. The van der Waals surface area contributed by atoms with Gasteiger partial charge in [0.2, 0.25) is 0 Å². The molecule has 0 aliphatic carbocycles. The zero-order valence-electron chi connectivity index (χ0n) is 48.0.